The van der Waals surface area contributed by atoms with Crippen molar-refractivity contribution in [3.63, 3.8) is 0 Å². The number of nitrogens with zero attached hydrogens (tertiary/aromatic N) is 2. The van der Waals surface area contributed by atoms with Crippen molar-refractivity contribution in [1.29, 1.82) is 0 Å². The lowest BCUT2D eigenvalue weighted by Crippen LogP contribution is -2.41. The number of carbonyl (C=O) groups excluding carboxylic acids is 1. The van der Waals surface area contributed by atoms with Crippen LogP contribution in [0.2, 0.25) is 0 Å². The summed E-state index contributed by atoms with van der Waals surface area (Å²) >= 11 is 0. The quantitative estimate of drug-likeness (QED) is 0.336. The van der Waals surface area contributed by atoms with E-state index in [4.69, 9.17) is 0 Å². The van der Waals surface area contributed by atoms with Gasteiger partial charge in [-0.25, -0.2) is 0 Å². The van der Waals surface area contributed by atoms with Crippen LogP contribution in [0.25, 0.3) is 0 Å². The maximum atomic E-state index is 12.4. The van der Waals surface area contributed by atoms with E-state index in [0.717, 1.165) is 31.0 Å². The largest absolute Gasteiger partial charge is 0.356 e. The van der Waals surface area contributed by atoms with Crippen molar-refractivity contribution in [2.24, 2.45) is 4.99 Å². The van der Waals surface area contributed by atoms with Crippen molar-refractivity contribution in [3.05, 3.63) is 35.4 Å². The zero-order valence-electron chi connectivity index (χ0n) is 19.6. The first-order valence-corrected chi connectivity index (χ1v) is 10.6. The molecule has 0 aromatic heterocycles. The van der Waals surface area contributed by atoms with Gasteiger partial charge in [-0.15, -0.1) is 0 Å². The van der Waals surface area contributed by atoms with Gasteiger partial charge in [-0.2, -0.15) is 0 Å². The molecule has 0 aliphatic rings. The highest BCUT2D eigenvalue weighted by molar-refractivity contribution is 5.94. The molecule has 0 spiro atoms. The number of rotatable bonds is 9. The molecule has 29 heavy (non-hydrogen) atoms. The second kappa shape index (κ2) is 11.8. The van der Waals surface area contributed by atoms with Gasteiger partial charge in [-0.3, -0.25) is 14.7 Å². The van der Waals surface area contributed by atoms with E-state index in [1.165, 1.54) is 0 Å². The first kappa shape index (κ1) is 25.0. The van der Waals surface area contributed by atoms with Crippen molar-refractivity contribution in [2.75, 3.05) is 20.1 Å². The molecule has 0 aliphatic heterocycles. The van der Waals surface area contributed by atoms with E-state index in [1.807, 2.05) is 45.0 Å². The topological polar surface area (TPSA) is 68.8 Å². The van der Waals surface area contributed by atoms with Crippen molar-refractivity contribution in [3.8, 4) is 0 Å². The number of hydrogen-bond donors (Lipinski definition) is 3. The third-order valence-corrected chi connectivity index (χ3v) is 4.57. The molecule has 3 N–H and O–H groups in total. The minimum Gasteiger partial charge on any atom is -0.356 e. The van der Waals surface area contributed by atoms with Crippen LogP contribution in [0.3, 0.4) is 0 Å². The fraction of sp³-hybridized carbons (Fsp3) is 0.652. The van der Waals surface area contributed by atoms with Crippen molar-refractivity contribution < 1.29 is 4.79 Å². The summed E-state index contributed by atoms with van der Waals surface area (Å²) in [6.45, 7) is 17.4. The normalized spacial score (nSPS) is 12.6. The second-order valence-corrected chi connectivity index (χ2v) is 9.04. The van der Waals surface area contributed by atoms with Gasteiger partial charge < -0.3 is 16.0 Å². The molecule has 1 amide bonds. The van der Waals surface area contributed by atoms with Crippen LogP contribution in [0.1, 0.15) is 70.8 Å². The average Bonchev–Trinajstić information content (AvgIpc) is 2.62. The Morgan fingerprint density at radius 1 is 1.10 bits per heavy atom. The van der Waals surface area contributed by atoms with E-state index in [9.17, 15) is 4.79 Å². The summed E-state index contributed by atoms with van der Waals surface area (Å²) in [5.41, 5.74) is 1.46. The summed E-state index contributed by atoms with van der Waals surface area (Å²) in [6.07, 6.45) is 1.06. The van der Waals surface area contributed by atoms with E-state index in [0.29, 0.717) is 24.2 Å². The molecule has 1 aromatic carbocycles. The summed E-state index contributed by atoms with van der Waals surface area (Å²) < 4.78 is 0. The third-order valence-electron chi connectivity index (χ3n) is 4.57. The molecule has 0 atom stereocenters. The minimum atomic E-state index is -0.252. The van der Waals surface area contributed by atoms with Gasteiger partial charge in [0, 0.05) is 49.9 Å². The Hall–Kier alpha value is -2.08. The molecule has 0 bridgehead atoms. The zero-order chi connectivity index (χ0) is 22.0. The Kier molecular flexibility index (Phi) is 10.2. The van der Waals surface area contributed by atoms with Crippen LogP contribution < -0.4 is 16.0 Å². The lowest BCUT2D eigenvalue weighted by Gasteiger charge is -2.30. The first-order chi connectivity index (χ1) is 13.5. The van der Waals surface area contributed by atoms with Gasteiger partial charge in [-0.1, -0.05) is 12.1 Å². The highest BCUT2D eigenvalue weighted by Crippen LogP contribution is 2.08. The van der Waals surface area contributed by atoms with Crippen LogP contribution in [0.5, 0.6) is 0 Å². The molecule has 0 radical (unpaired) electrons. The summed E-state index contributed by atoms with van der Waals surface area (Å²) in [4.78, 5) is 19.1. The molecule has 0 heterocycles. The first-order valence-electron chi connectivity index (χ1n) is 10.6. The lowest BCUT2D eigenvalue weighted by atomic mass is 10.1. The monoisotopic (exact) mass is 403 g/mol. The highest BCUT2D eigenvalue weighted by Gasteiger charge is 2.15. The maximum Gasteiger partial charge on any atom is 0.251 e. The zero-order valence-corrected chi connectivity index (χ0v) is 19.6. The molecule has 1 aromatic rings. The third kappa shape index (κ3) is 9.79. The van der Waals surface area contributed by atoms with Gasteiger partial charge in [0.25, 0.3) is 5.91 Å². The van der Waals surface area contributed by atoms with E-state index in [-0.39, 0.29) is 11.4 Å². The van der Waals surface area contributed by atoms with Gasteiger partial charge in [0.1, 0.15) is 0 Å². The fourth-order valence-corrected chi connectivity index (χ4v) is 3.22. The Balaban J connectivity index is 2.50. The second-order valence-electron chi connectivity index (χ2n) is 9.04. The molecule has 1 rings (SSSR count). The van der Waals surface area contributed by atoms with Crippen LogP contribution in [0.4, 0.5) is 0 Å². The molecule has 0 fully saturated rings. The molecule has 0 aliphatic carbocycles. The lowest BCUT2D eigenvalue weighted by molar-refractivity contribution is 0.0919. The van der Waals surface area contributed by atoms with Crippen LogP contribution in [-0.4, -0.2) is 54.5 Å². The van der Waals surface area contributed by atoms with E-state index in [1.54, 1.807) is 7.05 Å². The van der Waals surface area contributed by atoms with Gasteiger partial charge in [0.05, 0.1) is 0 Å². The van der Waals surface area contributed by atoms with Crippen molar-refractivity contribution in [1.82, 2.24) is 20.9 Å². The molecular formula is C23H41N5O. The van der Waals surface area contributed by atoms with Gasteiger partial charge in [-0.05, 0) is 72.6 Å². The van der Waals surface area contributed by atoms with Crippen molar-refractivity contribution >= 4 is 11.9 Å². The standard InChI is InChI=1S/C23H41N5O/c1-17(2)28(18(3)4)14-10-13-25-22(24-8)26-16-19-11-9-12-20(15-19)21(29)27-23(5,6)7/h9,11-12,15,17-18H,10,13-14,16H2,1-8H3,(H,27,29)(H2,24,25,26). The Bertz CT molecular complexity index is 653. The average molecular weight is 404 g/mol. The SMILES string of the molecule is CN=C(NCCCN(C(C)C)C(C)C)NCc1cccc(C(=O)NC(C)(C)C)c1. The van der Waals surface area contributed by atoms with Crippen LogP contribution in [0, 0.1) is 0 Å². The van der Waals surface area contributed by atoms with E-state index < -0.39 is 0 Å². The summed E-state index contributed by atoms with van der Waals surface area (Å²) in [5.74, 6) is 0.719. The summed E-state index contributed by atoms with van der Waals surface area (Å²) in [6, 6.07) is 8.79. The molecule has 0 saturated heterocycles. The predicted octanol–water partition coefficient (Wildman–Crippen LogP) is 3.39. The highest BCUT2D eigenvalue weighted by atomic mass is 16.1. The van der Waals surface area contributed by atoms with Crippen LogP contribution in [-0.2, 0) is 6.54 Å². The molecule has 164 valence electrons. The van der Waals surface area contributed by atoms with Gasteiger partial charge in [0.2, 0.25) is 0 Å². The van der Waals surface area contributed by atoms with Crippen molar-refractivity contribution in [2.45, 2.75) is 79.1 Å². The fourth-order valence-electron chi connectivity index (χ4n) is 3.22. The Morgan fingerprint density at radius 2 is 1.76 bits per heavy atom. The van der Waals surface area contributed by atoms with Gasteiger partial charge >= 0.3 is 0 Å². The molecule has 0 unspecified atom stereocenters. The van der Waals surface area contributed by atoms with E-state index in [2.05, 4.69) is 53.5 Å². The number of aliphatic imine (C=N–C) groups is 1. The number of guanidine groups is 1. The minimum absolute atomic E-state index is 0.0540. The summed E-state index contributed by atoms with van der Waals surface area (Å²) in [7, 11) is 1.77. The molecule has 0 saturated carbocycles. The Morgan fingerprint density at radius 3 is 2.31 bits per heavy atom. The number of amides is 1. The number of nitrogens with one attached hydrogen (secondary N) is 3. The predicted molar refractivity (Wildman–Crippen MR) is 123 cm³/mol. The van der Waals surface area contributed by atoms with Crippen LogP contribution in [0.15, 0.2) is 29.3 Å². The summed E-state index contributed by atoms with van der Waals surface area (Å²) in [5, 5.41) is 9.70. The number of benzene rings is 1. The number of hydrogen-bond acceptors (Lipinski definition) is 3. The Labute approximate surface area is 177 Å². The molecule has 6 heteroatoms. The smallest absolute Gasteiger partial charge is 0.251 e. The van der Waals surface area contributed by atoms with Gasteiger partial charge in [0.15, 0.2) is 5.96 Å². The van der Waals surface area contributed by atoms with E-state index >= 15 is 0 Å². The molecule has 6 nitrogen and oxygen atoms in total. The maximum absolute atomic E-state index is 12.4. The number of carbonyl (C=O) groups is 1. The van der Waals surface area contributed by atoms with Crippen LogP contribution >= 0.6 is 0 Å². The molecular weight excluding hydrogens is 362 g/mol.